The van der Waals surface area contributed by atoms with Crippen LogP contribution in [-0.4, -0.2) is 111 Å². The molecule has 220 valence electrons. The van der Waals surface area contributed by atoms with E-state index in [9.17, 15) is 14.4 Å². The molecule has 2 amide bonds. The van der Waals surface area contributed by atoms with Crippen LogP contribution >= 0.6 is 34.5 Å². The summed E-state index contributed by atoms with van der Waals surface area (Å²) in [5, 5.41) is 6.84. The number of hydrogen-bond acceptors (Lipinski definition) is 10. The molecule has 2 saturated heterocycles. The number of piperidine rings is 1. The normalized spacial score (nSPS) is 19.9. The predicted octanol–water partition coefficient (Wildman–Crippen LogP) is 2.35. The number of aromatic nitrogens is 2. The molecule has 2 aliphatic rings. The summed E-state index contributed by atoms with van der Waals surface area (Å²) in [6, 6.07) is -0.306. The first-order valence-electron chi connectivity index (χ1n) is 13.1. The van der Waals surface area contributed by atoms with Crippen LogP contribution in [0.4, 0.5) is 5.13 Å². The zero-order chi connectivity index (χ0) is 28.8. The first-order valence-corrected chi connectivity index (χ1v) is 14.7. The molecule has 3 N–H and O–H groups in total. The van der Waals surface area contributed by atoms with Crippen LogP contribution in [0.2, 0.25) is 10.0 Å². The first-order chi connectivity index (χ1) is 19.2. The van der Waals surface area contributed by atoms with Crippen molar-refractivity contribution < 1.29 is 28.6 Å². The monoisotopic (exact) mass is 616 g/mol. The Kier molecular flexibility index (Phi) is 10.7. The summed E-state index contributed by atoms with van der Waals surface area (Å²) < 4.78 is 16.3. The number of morpholine rings is 1. The lowest BCUT2D eigenvalue weighted by atomic mass is 10.0. The Bertz CT molecular complexity index is 1220. The molecule has 2 aromatic rings. The van der Waals surface area contributed by atoms with E-state index in [4.69, 9.17) is 37.4 Å². The lowest BCUT2D eigenvalue weighted by Gasteiger charge is -2.37. The Morgan fingerprint density at radius 2 is 1.93 bits per heavy atom. The van der Waals surface area contributed by atoms with Gasteiger partial charge in [-0.05, 0) is 20.3 Å². The van der Waals surface area contributed by atoms with Crippen LogP contribution in [0.5, 0.6) is 0 Å². The first kappa shape index (κ1) is 30.5. The predicted molar refractivity (Wildman–Crippen MR) is 152 cm³/mol. The van der Waals surface area contributed by atoms with Crippen molar-refractivity contribution in [2.45, 2.75) is 32.4 Å². The number of esters is 1. The molecular weight excluding hydrogens is 583 g/mol. The van der Waals surface area contributed by atoms with E-state index >= 15 is 0 Å². The van der Waals surface area contributed by atoms with Gasteiger partial charge in [-0.3, -0.25) is 14.5 Å². The molecule has 40 heavy (non-hydrogen) atoms. The van der Waals surface area contributed by atoms with Gasteiger partial charge >= 0.3 is 5.97 Å². The molecule has 0 radical (unpaired) electrons. The number of hydrogen-bond donors (Lipinski definition) is 3. The fourth-order valence-electron chi connectivity index (χ4n) is 4.63. The summed E-state index contributed by atoms with van der Waals surface area (Å²) in [6.45, 7) is 8.58. The standard InChI is InChI=1S/C25H34Cl2N6O6S/c1-4-39-24(36)21-20(22(34)28-6-8-32-9-11-38-12-10-32)31-25(40-21)33-7-5-15(16(13-33)37-3)30-23(35)19-18(27)17(26)14(2)29-19/h15-16,29H,4-13H2,1-3H3,(H,28,34)(H,30,35)/t15-,16+/m1/s1. The Hall–Kier alpha value is -2.42. The van der Waals surface area contributed by atoms with Crippen LogP contribution in [0.15, 0.2) is 0 Å². The molecule has 0 spiro atoms. The fraction of sp³-hybridized carbons (Fsp3) is 0.600. The molecule has 0 unspecified atom stereocenters. The molecule has 2 aliphatic heterocycles. The van der Waals surface area contributed by atoms with Gasteiger partial charge in [0.1, 0.15) is 10.6 Å². The number of amides is 2. The van der Waals surface area contributed by atoms with E-state index < -0.39 is 11.9 Å². The smallest absolute Gasteiger partial charge is 0.350 e. The molecule has 2 atom stereocenters. The number of carbonyl (C=O) groups is 3. The number of aryl methyl sites for hydroxylation is 1. The van der Waals surface area contributed by atoms with Gasteiger partial charge in [0.25, 0.3) is 11.8 Å². The SMILES string of the molecule is CCOC(=O)c1sc(N2CC[C@@H](NC(=O)c3[nH]c(C)c(Cl)c3Cl)[C@@H](OC)C2)nc1C(=O)NCCN1CCOCC1. The third-order valence-electron chi connectivity index (χ3n) is 6.84. The van der Waals surface area contributed by atoms with Crippen LogP contribution in [0, 0.1) is 6.92 Å². The van der Waals surface area contributed by atoms with Gasteiger partial charge in [0.15, 0.2) is 10.8 Å². The van der Waals surface area contributed by atoms with Crippen LogP contribution < -0.4 is 15.5 Å². The topological polar surface area (TPSA) is 138 Å². The molecule has 4 rings (SSSR count). The number of nitrogens with zero attached hydrogens (tertiary/aromatic N) is 3. The number of carbonyl (C=O) groups excluding carboxylic acids is 3. The van der Waals surface area contributed by atoms with Crippen molar-refractivity contribution in [2.24, 2.45) is 0 Å². The van der Waals surface area contributed by atoms with Crippen molar-refractivity contribution in [1.82, 2.24) is 25.5 Å². The van der Waals surface area contributed by atoms with Gasteiger partial charge in [-0.15, -0.1) is 0 Å². The van der Waals surface area contributed by atoms with Crippen molar-refractivity contribution in [2.75, 3.05) is 71.1 Å². The molecular formula is C25H34Cl2N6O6S. The minimum Gasteiger partial charge on any atom is -0.462 e. The lowest BCUT2D eigenvalue weighted by Crippen LogP contribution is -2.55. The third kappa shape index (κ3) is 7.07. The Morgan fingerprint density at radius 1 is 1.18 bits per heavy atom. The number of ether oxygens (including phenoxy) is 3. The summed E-state index contributed by atoms with van der Waals surface area (Å²) in [5.41, 5.74) is 0.847. The number of nitrogens with one attached hydrogen (secondary N) is 3. The quantitative estimate of drug-likeness (QED) is 0.343. The fourth-order valence-corrected chi connectivity index (χ4v) is 6.04. The van der Waals surface area contributed by atoms with Gasteiger partial charge in [0.05, 0.1) is 42.0 Å². The Labute approximate surface area is 246 Å². The maximum absolute atomic E-state index is 13.1. The number of anilines is 1. The van der Waals surface area contributed by atoms with E-state index in [1.54, 1.807) is 21.0 Å². The largest absolute Gasteiger partial charge is 0.462 e. The van der Waals surface area contributed by atoms with Crippen LogP contribution in [0.1, 0.15) is 49.7 Å². The second kappa shape index (κ2) is 14.0. The van der Waals surface area contributed by atoms with Gasteiger partial charge in [0.2, 0.25) is 0 Å². The summed E-state index contributed by atoms with van der Waals surface area (Å²) in [4.78, 5) is 50.4. The lowest BCUT2D eigenvalue weighted by molar-refractivity contribution is 0.0382. The summed E-state index contributed by atoms with van der Waals surface area (Å²) in [7, 11) is 1.56. The summed E-state index contributed by atoms with van der Waals surface area (Å²) in [6.07, 6.45) is 0.147. The molecule has 0 saturated carbocycles. The van der Waals surface area contributed by atoms with Gasteiger partial charge in [-0.1, -0.05) is 34.5 Å². The minimum absolute atomic E-state index is 0.0402. The highest BCUT2D eigenvalue weighted by Crippen LogP contribution is 2.31. The van der Waals surface area contributed by atoms with Crippen LogP contribution in [-0.2, 0) is 14.2 Å². The zero-order valence-electron chi connectivity index (χ0n) is 22.7. The van der Waals surface area contributed by atoms with Gasteiger partial charge < -0.3 is 34.7 Å². The van der Waals surface area contributed by atoms with Crippen molar-refractivity contribution in [3.63, 3.8) is 0 Å². The summed E-state index contributed by atoms with van der Waals surface area (Å²) in [5.74, 6) is -1.40. The number of halogens is 2. The minimum atomic E-state index is -0.591. The average Bonchev–Trinajstić information content (AvgIpc) is 3.51. The molecule has 4 heterocycles. The van der Waals surface area contributed by atoms with E-state index in [1.165, 1.54) is 0 Å². The van der Waals surface area contributed by atoms with Crippen molar-refractivity contribution >= 4 is 57.5 Å². The second-order valence-corrected chi connectivity index (χ2v) is 11.2. The van der Waals surface area contributed by atoms with Gasteiger partial charge in [-0.2, -0.15) is 0 Å². The number of H-pyrrole nitrogens is 1. The zero-order valence-corrected chi connectivity index (χ0v) is 25.0. The number of aromatic amines is 1. The van der Waals surface area contributed by atoms with Crippen molar-refractivity contribution in [3.05, 3.63) is 32.0 Å². The Balaban J connectivity index is 1.43. The number of thiazole rings is 1. The molecule has 2 fully saturated rings. The number of rotatable bonds is 10. The van der Waals surface area contributed by atoms with Gasteiger partial charge in [-0.25, -0.2) is 9.78 Å². The van der Waals surface area contributed by atoms with Crippen LogP contribution in [0.25, 0.3) is 0 Å². The summed E-state index contributed by atoms with van der Waals surface area (Å²) >= 11 is 13.4. The highest BCUT2D eigenvalue weighted by atomic mass is 35.5. The van der Waals surface area contributed by atoms with E-state index in [0.717, 1.165) is 24.4 Å². The highest BCUT2D eigenvalue weighted by Gasteiger charge is 2.34. The van der Waals surface area contributed by atoms with E-state index in [1.807, 2.05) is 4.90 Å². The average molecular weight is 618 g/mol. The maximum Gasteiger partial charge on any atom is 0.350 e. The van der Waals surface area contributed by atoms with Crippen molar-refractivity contribution in [3.8, 4) is 0 Å². The van der Waals surface area contributed by atoms with E-state index in [2.05, 4.69) is 25.5 Å². The molecule has 2 aromatic heterocycles. The molecule has 15 heteroatoms. The van der Waals surface area contributed by atoms with Crippen LogP contribution in [0.3, 0.4) is 0 Å². The third-order valence-corrected chi connectivity index (χ3v) is 8.88. The van der Waals surface area contributed by atoms with Gasteiger partial charge in [0, 0.05) is 52.1 Å². The van der Waals surface area contributed by atoms with E-state index in [0.29, 0.717) is 61.7 Å². The second-order valence-electron chi connectivity index (χ2n) is 9.45. The van der Waals surface area contributed by atoms with E-state index in [-0.39, 0.29) is 45.9 Å². The molecule has 12 nitrogen and oxygen atoms in total. The highest BCUT2D eigenvalue weighted by molar-refractivity contribution is 7.17. The Morgan fingerprint density at radius 3 is 2.58 bits per heavy atom. The molecule has 0 aliphatic carbocycles. The maximum atomic E-state index is 13.1. The molecule has 0 aromatic carbocycles. The molecule has 0 bridgehead atoms. The number of methoxy groups -OCH3 is 1. The van der Waals surface area contributed by atoms with Crippen molar-refractivity contribution in [1.29, 1.82) is 0 Å².